The fourth-order valence-corrected chi connectivity index (χ4v) is 2.17. The number of thiophene rings is 1. The largest absolute Gasteiger partial charge is 0.192 e. The molecule has 0 unspecified atom stereocenters. The Morgan fingerprint density at radius 1 is 1.21 bits per heavy atom. The molecule has 2 rings (SSSR count). The van der Waals surface area contributed by atoms with Gasteiger partial charge in [-0.25, -0.2) is 0 Å². The van der Waals surface area contributed by atoms with Crippen molar-refractivity contribution in [2.24, 2.45) is 0 Å². The van der Waals surface area contributed by atoms with Crippen molar-refractivity contribution in [2.45, 2.75) is 6.42 Å². The second kappa shape index (κ2) is 4.08. The molecule has 0 aliphatic rings. The van der Waals surface area contributed by atoms with E-state index in [1.165, 1.54) is 10.4 Å². The molecular formula is C12H9NS. The Labute approximate surface area is 87.3 Å². The second-order valence-electron chi connectivity index (χ2n) is 3.08. The molecule has 0 saturated carbocycles. The van der Waals surface area contributed by atoms with Crippen LogP contribution in [0.4, 0.5) is 0 Å². The highest BCUT2D eigenvalue weighted by Gasteiger charge is 1.99. The fraction of sp³-hybridized carbons (Fsp3) is 0.0833. The van der Waals surface area contributed by atoms with E-state index in [9.17, 15) is 0 Å². The molecule has 0 atom stereocenters. The highest BCUT2D eigenvalue weighted by molar-refractivity contribution is 7.10. The molecule has 2 aromatic rings. The van der Waals surface area contributed by atoms with Crippen molar-refractivity contribution >= 4 is 11.3 Å². The van der Waals surface area contributed by atoms with E-state index < -0.39 is 0 Å². The number of nitriles is 1. The lowest BCUT2D eigenvalue weighted by atomic mass is 10.1. The summed E-state index contributed by atoms with van der Waals surface area (Å²) in [6.07, 6.45) is 0.924. The number of hydrogen-bond acceptors (Lipinski definition) is 2. The summed E-state index contributed by atoms with van der Waals surface area (Å²) in [4.78, 5) is 1.24. The average molecular weight is 199 g/mol. The Hall–Kier alpha value is -1.59. The van der Waals surface area contributed by atoms with Crippen LogP contribution in [-0.4, -0.2) is 0 Å². The summed E-state index contributed by atoms with van der Waals surface area (Å²) in [5.41, 5.74) is 2.06. The molecule has 1 aromatic carbocycles. The van der Waals surface area contributed by atoms with Crippen LogP contribution in [0.15, 0.2) is 41.8 Å². The van der Waals surface area contributed by atoms with E-state index in [1.807, 2.05) is 29.6 Å². The first-order chi connectivity index (χ1) is 6.88. The molecule has 2 heteroatoms. The summed E-state index contributed by atoms with van der Waals surface area (Å²) >= 11 is 1.65. The van der Waals surface area contributed by atoms with E-state index in [1.54, 1.807) is 11.3 Å². The maximum atomic E-state index is 8.67. The summed E-state index contributed by atoms with van der Waals surface area (Å²) in [7, 11) is 0. The molecule has 0 radical (unpaired) electrons. The van der Waals surface area contributed by atoms with Gasteiger partial charge in [-0.05, 0) is 11.6 Å². The molecule has 0 fully saturated rings. The molecule has 68 valence electrons. The maximum Gasteiger partial charge on any atom is 0.100 e. The molecule has 0 spiro atoms. The highest BCUT2D eigenvalue weighted by Crippen LogP contribution is 2.17. The molecule has 14 heavy (non-hydrogen) atoms. The van der Waals surface area contributed by atoms with Crippen molar-refractivity contribution in [1.29, 1.82) is 5.26 Å². The second-order valence-corrected chi connectivity index (χ2v) is 4.07. The lowest BCUT2D eigenvalue weighted by Crippen LogP contribution is -1.82. The summed E-state index contributed by atoms with van der Waals surface area (Å²) < 4.78 is 0. The van der Waals surface area contributed by atoms with Gasteiger partial charge in [0.05, 0.1) is 5.56 Å². The number of nitrogens with zero attached hydrogens (tertiary/aromatic N) is 1. The van der Waals surface area contributed by atoms with Gasteiger partial charge in [-0.3, -0.25) is 0 Å². The molecule has 0 amide bonds. The highest BCUT2D eigenvalue weighted by atomic mass is 32.1. The zero-order valence-corrected chi connectivity index (χ0v) is 8.42. The molecule has 1 nitrogen and oxygen atoms in total. The minimum absolute atomic E-state index is 0.765. The lowest BCUT2D eigenvalue weighted by molar-refractivity contribution is 1.24. The molecular weight excluding hydrogens is 190 g/mol. The quantitative estimate of drug-likeness (QED) is 0.728. The predicted molar refractivity (Wildman–Crippen MR) is 58.3 cm³/mol. The van der Waals surface area contributed by atoms with Crippen LogP contribution in [0.5, 0.6) is 0 Å². The van der Waals surface area contributed by atoms with Crippen LogP contribution in [-0.2, 0) is 6.42 Å². The Morgan fingerprint density at radius 3 is 2.64 bits per heavy atom. The average Bonchev–Trinajstić information content (AvgIpc) is 2.67. The minimum Gasteiger partial charge on any atom is -0.192 e. The SMILES string of the molecule is N#Cc1csc(Cc2ccccc2)c1. The Bertz CT molecular complexity index is 451. The normalized spacial score (nSPS) is 9.64. The van der Waals surface area contributed by atoms with Crippen molar-refractivity contribution < 1.29 is 0 Å². The number of hydrogen-bond donors (Lipinski definition) is 0. The van der Waals surface area contributed by atoms with Gasteiger partial charge in [-0.2, -0.15) is 5.26 Å². The van der Waals surface area contributed by atoms with Crippen LogP contribution in [0, 0.1) is 11.3 Å². The van der Waals surface area contributed by atoms with Crippen LogP contribution in [0.25, 0.3) is 0 Å². The van der Waals surface area contributed by atoms with Crippen molar-refractivity contribution in [2.75, 3.05) is 0 Å². The molecule has 1 aromatic heterocycles. The van der Waals surface area contributed by atoms with E-state index in [0.717, 1.165) is 12.0 Å². The third-order valence-electron chi connectivity index (χ3n) is 2.00. The summed E-state index contributed by atoms with van der Waals surface area (Å²) in [5.74, 6) is 0. The van der Waals surface area contributed by atoms with Crippen LogP contribution < -0.4 is 0 Å². The van der Waals surface area contributed by atoms with Gasteiger partial charge in [-0.15, -0.1) is 11.3 Å². The smallest absolute Gasteiger partial charge is 0.100 e. The van der Waals surface area contributed by atoms with Crippen molar-refractivity contribution in [3.63, 3.8) is 0 Å². The molecule has 0 aliphatic carbocycles. The maximum absolute atomic E-state index is 8.67. The standard InChI is InChI=1S/C12H9NS/c13-8-11-7-12(14-9-11)6-10-4-2-1-3-5-10/h1-5,7,9H,6H2. The van der Waals surface area contributed by atoms with Gasteiger partial charge < -0.3 is 0 Å². The van der Waals surface area contributed by atoms with E-state index >= 15 is 0 Å². The monoisotopic (exact) mass is 199 g/mol. The fourth-order valence-electron chi connectivity index (χ4n) is 1.33. The topological polar surface area (TPSA) is 23.8 Å². The molecule has 0 aliphatic heterocycles. The van der Waals surface area contributed by atoms with Gasteiger partial charge in [0.15, 0.2) is 0 Å². The van der Waals surface area contributed by atoms with E-state index in [4.69, 9.17) is 5.26 Å². The minimum atomic E-state index is 0.765. The van der Waals surface area contributed by atoms with Gasteiger partial charge in [-0.1, -0.05) is 30.3 Å². The summed E-state index contributed by atoms with van der Waals surface area (Å²) in [5, 5.41) is 10.6. The first kappa shape index (κ1) is 8.98. The van der Waals surface area contributed by atoms with Crippen LogP contribution >= 0.6 is 11.3 Å². The summed E-state index contributed by atoms with van der Waals surface area (Å²) in [6, 6.07) is 14.4. The van der Waals surface area contributed by atoms with Gasteiger partial charge in [0.25, 0.3) is 0 Å². The molecule has 1 heterocycles. The van der Waals surface area contributed by atoms with Gasteiger partial charge in [0.2, 0.25) is 0 Å². The van der Waals surface area contributed by atoms with Gasteiger partial charge in [0, 0.05) is 16.7 Å². The molecule has 0 saturated heterocycles. The zero-order chi connectivity index (χ0) is 9.80. The van der Waals surface area contributed by atoms with E-state index in [-0.39, 0.29) is 0 Å². The number of rotatable bonds is 2. The van der Waals surface area contributed by atoms with E-state index in [0.29, 0.717) is 0 Å². The zero-order valence-electron chi connectivity index (χ0n) is 7.60. The van der Waals surface area contributed by atoms with Crippen LogP contribution in [0.1, 0.15) is 16.0 Å². The first-order valence-electron chi connectivity index (χ1n) is 4.40. The van der Waals surface area contributed by atoms with Crippen molar-refractivity contribution in [1.82, 2.24) is 0 Å². The molecule has 0 bridgehead atoms. The lowest BCUT2D eigenvalue weighted by Gasteiger charge is -1.96. The van der Waals surface area contributed by atoms with Crippen LogP contribution in [0.3, 0.4) is 0 Å². The third kappa shape index (κ3) is 2.01. The third-order valence-corrected chi connectivity index (χ3v) is 2.94. The summed E-state index contributed by atoms with van der Waals surface area (Å²) in [6.45, 7) is 0. The van der Waals surface area contributed by atoms with E-state index in [2.05, 4.69) is 18.2 Å². The Kier molecular flexibility index (Phi) is 2.62. The van der Waals surface area contributed by atoms with Gasteiger partial charge in [0.1, 0.15) is 6.07 Å². The molecule has 0 N–H and O–H groups in total. The first-order valence-corrected chi connectivity index (χ1v) is 5.28. The Balaban J connectivity index is 2.16. The predicted octanol–water partition coefficient (Wildman–Crippen LogP) is 3.21. The van der Waals surface area contributed by atoms with Gasteiger partial charge >= 0.3 is 0 Å². The van der Waals surface area contributed by atoms with Crippen LogP contribution in [0.2, 0.25) is 0 Å². The van der Waals surface area contributed by atoms with Crippen molar-refractivity contribution in [3.05, 3.63) is 57.8 Å². The van der Waals surface area contributed by atoms with Crippen molar-refractivity contribution in [3.8, 4) is 6.07 Å². The number of benzene rings is 1. The Morgan fingerprint density at radius 2 is 2.00 bits per heavy atom.